The van der Waals surface area contributed by atoms with Gasteiger partial charge in [-0.05, 0) is 19.1 Å². The average molecular weight is 197 g/mol. The van der Waals surface area contributed by atoms with Gasteiger partial charge in [-0.25, -0.2) is 4.98 Å². The molecule has 2 N–H and O–H groups in total. The molecule has 0 spiro atoms. The van der Waals surface area contributed by atoms with Crippen LogP contribution in [0.15, 0.2) is 22.6 Å². The van der Waals surface area contributed by atoms with E-state index in [4.69, 9.17) is 21.8 Å². The number of hydrogen-bond acceptors (Lipinski definition) is 3. The summed E-state index contributed by atoms with van der Waals surface area (Å²) in [6.45, 7) is 1.83. The molecule has 0 saturated carbocycles. The standard InChI is InChI=1S/C9H9ClN2O/c1-5(11)9-12-7-3-2-6(10)4-8(7)13-9/h2-5H,11H2,1H3/t5-/m0/s1. The third-order valence-corrected chi connectivity index (χ3v) is 1.99. The number of aromatic nitrogens is 1. The largest absolute Gasteiger partial charge is 0.439 e. The van der Waals surface area contributed by atoms with Gasteiger partial charge in [0.2, 0.25) is 5.89 Å². The lowest BCUT2D eigenvalue weighted by molar-refractivity contribution is 0.493. The lowest BCUT2D eigenvalue weighted by Crippen LogP contribution is -2.04. The highest BCUT2D eigenvalue weighted by molar-refractivity contribution is 6.31. The van der Waals surface area contributed by atoms with Crippen LogP contribution in [0.25, 0.3) is 11.1 Å². The summed E-state index contributed by atoms with van der Waals surface area (Å²) >= 11 is 5.79. The minimum absolute atomic E-state index is 0.189. The van der Waals surface area contributed by atoms with Crippen molar-refractivity contribution in [1.82, 2.24) is 4.98 Å². The fourth-order valence-corrected chi connectivity index (χ4v) is 1.27. The van der Waals surface area contributed by atoms with Crippen molar-refractivity contribution in [2.45, 2.75) is 13.0 Å². The molecule has 1 atom stereocenters. The Morgan fingerprint density at radius 2 is 2.31 bits per heavy atom. The van der Waals surface area contributed by atoms with Gasteiger partial charge in [-0.3, -0.25) is 0 Å². The van der Waals surface area contributed by atoms with E-state index in [2.05, 4.69) is 4.98 Å². The minimum Gasteiger partial charge on any atom is -0.439 e. The summed E-state index contributed by atoms with van der Waals surface area (Å²) in [6.07, 6.45) is 0. The fourth-order valence-electron chi connectivity index (χ4n) is 1.11. The number of rotatable bonds is 1. The fraction of sp³-hybridized carbons (Fsp3) is 0.222. The van der Waals surface area contributed by atoms with Gasteiger partial charge in [-0.15, -0.1) is 0 Å². The van der Waals surface area contributed by atoms with E-state index >= 15 is 0 Å². The van der Waals surface area contributed by atoms with E-state index in [1.165, 1.54) is 0 Å². The van der Waals surface area contributed by atoms with Crippen molar-refractivity contribution in [2.24, 2.45) is 5.73 Å². The Hall–Kier alpha value is -1.06. The number of nitrogens with zero attached hydrogens (tertiary/aromatic N) is 1. The van der Waals surface area contributed by atoms with Crippen LogP contribution in [0, 0.1) is 0 Å². The first-order valence-corrected chi connectivity index (χ1v) is 4.36. The Labute approximate surface area is 80.5 Å². The number of nitrogens with two attached hydrogens (primary N) is 1. The molecular formula is C9H9ClN2O. The highest BCUT2D eigenvalue weighted by Gasteiger charge is 2.08. The molecule has 1 aromatic heterocycles. The van der Waals surface area contributed by atoms with Crippen molar-refractivity contribution >= 4 is 22.7 Å². The van der Waals surface area contributed by atoms with Gasteiger partial charge in [-0.2, -0.15) is 0 Å². The van der Waals surface area contributed by atoms with E-state index in [-0.39, 0.29) is 6.04 Å². The molecule has 68 valence electrons. The summed E-state index contributed by atoms with van der Waals surface area (Å²) in [5.41, 5.74) is 7.10. The Kier molecular flexibility index (Phi) is 1.98. The van der Waals surface area contributed by atoms with Crippen molar-refractivity contribution in [3.63, 3.8) is 0 Å². The minimum atomic E-state index is -0.189. The monoisotopic (exact) mass is 196 g/mol. The molecule has 0 fully saturated rings. The third kappa shape index (κ3) is 1.53. The van der Waals surface area contributed by atoms with E-state index in [1.54, 1.807) is 12.1 Å². The molecule has 1 aromatic carbocycles. The molecule has 4 heteroatoms. The maximum absolute atomic E-state index is 5.79. The molecule has 0 unspecified atom stereocenters. The highest BCUT2D eigenvalue weighted by Crippen LogP contribution is 2.21. The van der Waals surface area contributed by atoms with Crippen LogP contribution in [0.1, 0.15) is 18.9 Å². The van der Waals surface area contributed by atoms with Crippen molar-refractivity contribution in [3.8, 4) is 0 Å². The van der Waals surface area contributed by atoms with E-state index in [1.807, 2.05) is 13.0 Å². The number of halogens is 1. The Morgan fingerprint density at radius 1 is 1.54 bits per heavy atom. The predicted molar refractivity (Wildman–Crippen MR) is 51.6 cm³/mol. The molecule has 3 nitrogen and oxygen atoms in total. The van der Waals surface area contributed by atoms with Gasteiger partial charge in [-0.1, -0.05) is 11.6 Å². The van der Waals surface area contributed by atoms with Gasteiger partial charge in [0.1, 0.15) is 5.52 Å². The Bertz CT molecular complexity index is 436. The maximum Gasteiger partial charge on any atom is 0.212 e. The Morgan fingerprint density at radius 3 is 3.00 bits per heavy atom. The van der Waals surface area contributed by atoms with Gasteiger partial charge in [0.15, 0.2) is 5.58 Å². The zero-order chi connectivity index (χ0) is 9.42. The number of fused-ring (bicyclic) bond motifs is 1. The zero-order valence-corrected chi connectivity index (χ0v) is 7.88. The van der Waals surface area contributed by atoms with E-state index in [0.29, 0.717) is 16.5 Å². The third-order valence-electron chi connectivity index (χ3n) is 1.76. The summed E-state index contributed by atoms with van der Waals surface area (Å²) in [7, 11) is 0. The second-order valence-corrected chi connectivity index (χ2v) is 3.39. The van der Waals surface area contributed by atoms with Crippen LogP contribution in [0.5, 0.6) is 0 Å². The highest BCUT2D eigenvalue weighted by atomic mass is 35.5. The van der Waals surface area contributed by atoms with Crippen LogP contribution in [0.3, 0.4) is 0 Å². The molecule has 13 heavy (non-hydrogen) atoms. The molecule has 0 aliphatic rings. The first kappa shape index (κ1) is 8.53. The predicted octanol–water partition coefficient (Wildman–Crippen LogP) is 2.50. The van der Waals surface area contributed by atoms with E-state index in [0.717, 1.165) is 5.52 Å². The summed E-state index contributed by atoms with van der Waals surface area (Å²) in [4.78, 5) is 4.20. The molecule has 0 aliphatic heterocycles. The lowest BCUT2D eigenvalue weighted by Gasteiger charge is -1.94. The van der Waals surface area contributed by atoms with Crippen molar-refractivity contribution in [1.29, 1.82) is 0 Å². The molecule has 0 aliphatic carbocycles. The molecule has 0 saturated heterocycles. The molecule has 2 rings (SSSR count). The number of hydrogen-bond donors (Lipinski definition) is 1. The van der Waals surface area contributed by atoms with Crippen LogP contribution in [-0.4, -0.2) is 4.98 Å². The second kappa shape index (κ2) is 3.01. The van der Waals surface area contributed by atoms with Gasteiger partial charge >= 0.3 is 0 Å². The maximum atomic E-state index is 5.79. The number of benzene rings is 1. The van der Waals surface area contributed by atoms with Gasteiger partial charge < -0.3 is 10.2 Å². The van der Waals surface area contributed by atoms with Crippen molar-refractivity contribution in [3.05, 3.63) is 29.1 Å². The topological polar surface area (TPSA) is 52.0 Å². The van der Waals surface area contributed by atoms with Gasteiger partial charge in [0, 0.05) is 11.1 Å². The van der Waals surface area contributed by atoms with Crippen LogP contribution in [0.4, 0.5) is 0 Å². The van der Waals surface area contributed by atoms with Gasteiger partial charge in [0.05, 0.1) is 6.04 Å². The summed E-state index contributed by atoms with van der Waals surface area (Å²) in [6, 6.07) is 5.13. The molecule has 2 aromatic rings. The van der Waals surface area contributed by atoms with Crippen molar-refractivity contribution in [2.75, 3.05) is 0 Å². The molecule has 0 radical (unpaired) electrons. The average Bonchev–Trinajstić information content (AvgIpc) is 2.46. The van der Waals surface area contributed by atoms with Gasteiger partial charge in [0.25, 0.3) is 0 Å². The zero-order valence-electron chi connectivity index (χ0n) is 7.12. The Balaban J connectivity index is 2.62. The van der Waals surface area contributed by atoms with E-state index in [9.17, 15) is 0 Å². The van der Waals surface area contributed by atoms with E-state index < -0.39 is 0 Å². The quantitative estimate of drug-likeness (QED) is 0.763. The molecular weight excluding hydrogens is 188 g/mol. The smallest absolute Gasteiger partial charge is 0.212 e. The second-order valence-electron chi connectivity index (χ2n) is 2.95. The lowest BCUT2D eigenvalue weighted by atomic mass is 10.3. The first-order chi connectivity index (χ1) is 6.16. The molecule has 0 bridgehead atoms. The van der Waals surface area contributed by atoms with Crippen LogP contribution >= 0.6 is 11.6 Å². The number of oxazole rings is 1. The first-order valence-electron chi connectivity index (χ1n) is 3.98. The van der Waals surface area contributed by atoms with Crippen LogP contribution in [0.2, 0.25) is 5.02 Å². The van der Waals surface area contributed by atoms with Crippen molar-refractivity contribution < 1.29 is 4.42 Å². The summed E-state index contributed by atoms with van der Waals surface area (Å²) in [5, 5.41) is 0.639. The summed E-state index contributed by atoms with van der Waals surface area (Å²) < 4.78 is 5.39. The molecule has 0 amide bonds. The van der Waals surface area contributed by atoms with Crippen LogP contribution in [-0.2, 0) is 0 Å². The summed E-state index contributed by atoms with van der Waals surface area (Å²) in [5.74, 6) is 0.539. The van der Waals surface area contributed by atoms with Crippen LogP contribution < -0.4 is 5.73 Å². The normalized spacial score (nSPS) is 13.5. The SMILES string of the molecule is C[C@H](N)c1nc2ccc(Cl)cc2o1. The molecule has 1 heterocycles.